The first-order chi connectivity index (χ1) is 21.1. The molecule has 0 amide bonds. The van der Waals surface area contributed by atoms with Crippen LogP contribution in [0.5, 0.6) is 0 Å². The standard InChI is InChI=1S/C40H33N.C2H6/c1-4-27(5-2)38(41)26-28(6-3)29-22-24-31(25-23-29)39-34-17-9-11-19-36(34)40(37-20-12-10-18-35(37)39)33-21-13-15-30-14-7-8-16-32(30)33;1-2/h4-26H,1,41H2,2-3H3;1-2H3/b27-5+,28-6+,38-26-;. The Kier molecular flexibility index (Phi) is 9.03. The minimum atomic E-state index is 0.709. The van der Waals surface area contributed by atoms with Crippen molar-refractivity contribution in [3.05, 3.63) is 163 Å². The Labute approximate surface area is 256 Å². The van der Waals surface area contributed by atoms with Gasteiger partial charge in [0, 0.05) is 5.70 Å². The lowest BCUT2D eigenvalue weighted by Gasteiger charge is -2.19. The fraction of sp³-hybridized carbons (Fsp3) is 0.0952. The van der Waals surface area contributed by atoms with Gasteiger partial charge in [0.1, 0.15) is 0 Å². The van der Waals surface area contributed by atoms with E-state index in [4.69, 9.17) is 5.73 Å². The lowest BCUT2D eigenvalue weighted by atomic mass is 9.84. The molecule has 0 unspecified atom stereocenters. The lowest BCUT2D eigenvalue weighted by Crippen LogP contribution is -2.00. The third kappa shape index (κ3) is 5.55. The molecule has 1 nitrogen and oxygen atoms in total. The van der Waals surface area contributed by atoms with Gasteiger partial charge in [-0.25, -0.2) is 0 Å². The van der Waals surface area contributed by atoms with E-state index in [0.29, 0.717) is 5.70 Å². The summed E-state index contributed by atoms with van der Waals surface area (Å²) in [5.41, 5.74) is 15.2. The van der Waals surface area contributed by atoms with Gasteiger partial charge in [-0.15, -0.1) is 0 Å². The molecular formula is C42H39N. The molecule has 0 aliphatic heterocycles. The molecule has 0 fully saturated rings. The Morgan fingerprint density at radius 3 is 1.63 bits per heavy atom. The summed E-state index contributed by atoms with van der Waals surface area (Å²) in [6.07, 6.45) is 7.89. The van der Waals surface area contributed by atoms with Crippen LogP contribution >= 0.6 is 0 Å². The van der Waals surface area contributed by atoms with Gasteiger partial charge in [-0.2, -0.15) is 0 Å². The van der Waals surface area contributed by atoms with Crippen LogP contribution in [0.25, 0.3) is 60.1 Å². The first-order valence-electron chi connectivity index (χ1n) is 15.1. The topological polar surface area (TPSA) is 26.0 Å². The maximum absolute atomic E-state index is 6.38. The molecule has 0 saturated heterocycles. The number of rotatable bonds is 6. The third-order valence-electron chi connectivity index (χ3n) is 7.98. The summed E-state index contributed by atoms with van der Waals surface area (Å²) in [4.78, 5) is 0. The van der Waals surface area contributed by atoms with Crippen molar-refractivity contribution in [3.63, 3.8) is 0 Å². The van der Waals surface area contributed by atoms with Gasteiger partial charge < -0.3 is 5.73 Å². The van der Waals surface area contributed by atoms with Gasteiger partial charge in [-0.3, -0.25) is 0 Å². The van der Waals surface area contributed by atoms with Gasteiger partial charge in [-0.05, 0) is 91.2 Å². The zero-order chi connectivity index (χ0) is 30.3. The van der Waals surface area contributed by atoms with Crippen LogP contribution in [0.2, 0.25) is 0 Å². The highest BCUT2D eigenvalue weighted by molar-refractivity contribution is 6.23. The molecule has 0 atom stereocenters. The van der Waals surface area contributed by atoms with Crippen molar-refractivity contribution in [2.45, 2.75) is 27.7 Å². The summed E-state index contributed by atoms with van der Waals surface area (Å²) in [5.74, 6) is 0. The molecule has 0 spiro atoms. The highest BCUT2D eigenvalue weighted by Gasteiger charge is 2.17. The summed E-state index contributed by atoms with van der Waals surface area (Å²) in [6, 6.07) is 41.8. The average Bonchev–Trinajstić information content (AvgIpc) is 3.07. The molecule has 6 aromatic carbocycles. The molecule has 0 aromatic heterocycles. The molecule has 1 heteroatoms. The van der Waals surface area contributed by atoms with Crippen LogP contribution in [0.3, 0.4) is 0 Å². The van der Waals surface area contributed by atoms with E-state index in [1.807, 2.05) is 39.8 Å². The first-order valence-corrected chi connectivity index (χ1v) is 15.1. The summed E-state index contributed by atoms with van der Waals surface area (Å²) >= 11 is 0. The highest BCUT2D eigenvalue weighted by atomic mass is 14.6. The lowest BCUT2D eigenvalue weighted by molar-refractivity contribution is 1.34. The zero-order valence-corrected chi connectivity index (χ0v) is 25.6. The molecular weight excluding hydrogens is 518 g/mol. The zero-order valence-electron chi connectivity index (χ0n) is 25.6. The van der Waals surface area contributed by atoms with Crippen LogP contribution in [0, 0.1) is 0 Å². The van der Waals surface area contributed by atoms with Crippen LogP contribution in [0.15, 0.2) is 157 Å². The fourth-order valence-corrected chi connectivity index (χ4v) is 5.99. The van der Waals surface area contributed by atoms with E-state index >= 15 is 0 Å². The van der Waals surface area contributed by atoms with Crippen molar-refractivity contribution in [2.24, 2.45) is 5.73 Å². The van der Waals surface area contributed by atoms with Crippen LogP contribution < -0.4 is 5.73 Å². The van der Waals surface area contributed by atoms with Crippen molar-refractivity contribution < 1.29 is 0 Å². The second-order valence-electron chi connectivity index (χ2n) is 10.2. The van der Waals surface area contributed by atoms with E-state index in [-0.39, 0.29) is 0 Å². The maximum Gasteiger partial charge on any atom is 0.0390 e. The van der Waals surface area contributed by atoms with Crippen molar-refractivity contribution in [2.75, 3.05) is 0 Å². The molecule has 0 radical (unpaired) electrons. The molecule has 6 aromatic rings. The molecule has 2 N–H and O–H groups in total. The molecule has 212 valence electrons. The van der Waals surface area contributed by atoms with Crippen molar-refractivity contribution in [1.82, 2.24) is 0 Å². The second-order valence-corrected chi connectivity index (χ2v) is 10.2. The SMILES string of the molecule is C=CC(=C\C)/C(N)=C/C(=C\C)c1ccc(-c2c3ccccc3c(-c3cccc4ccccc34)c3ccccc23)cc1.CC. The Hall–Kier alpha value is -5.14. The second kappa shape index (κ2) is 13.2. The van der Waals surface area contributed by atoms with Crippen LogP contribution in [-0.4, -0.2) is 0 Å². The minimum Gasteiger partial charge on any atom is -0.398 e. The average molecular weight is 558 g/mol. The number of hydrogen-bond acceptors (Lipinski definition) is 1. The van der Waals surface area contributed by atoms with Gasteiger partial charge >= 0.3 is 0 Å². The number of nitrogens with two attached hydrogens (primary N) is 1. The van der Waals surface area contributed by atoms with E-state index in [2.05, 4.69) is 128 Å². The van der Waals surface area contributed by atoms with Crippen LogP contribution in [-0.2, 0) is 0 Å². The molecule has 0 bridgehead atoms. The van der Waals surface area contributed by atoms with Crippen molar-refractivity contribution in [3.8, 4) is 22.3 Å². The Morgan fingerprint density at radius 1 is 0.581 bits per heavy atom. The van der Waals surface area contributed by atoms with Gasteiger partial charge in [0.25, 0.3) is 0 Å². The third-order valence-corrected chi connectivity index (χ3v) is 7.98. The maximum atomic E-state index is 6.38. The van der Waals surface area contributed by atoms with E-state index < -0.39 is 0 Å². The molecule has 0 heterocycles. The summed E-state index contributed by atoms with van der Waals surface area (Å²) in [5, 5.41) is 7.54. The minimum absolute atomic E-state index is 0.709. The van der Waals surface area contributed by atoms with Crippen LogP contribution in [0.1, 0.15) is 33.3 Å². The predicted octanol–water partition coefficient (Wildman–Crippen LogP) is 11.9. The number of fused-ring (bicyclic) bond motifs is 3. The fourth-order valence-electron chi connectivity index (χ4n) is 5.99. The molecule has 0 aliphatic rings. The van der Waals surface area contributed by atoms with E-state index in [1.54, 1.807) is 6.08 Å². The van der Waals surface area contributed by atoms with Gasteiger partial charge in [0.2, 0.25) is 0 Å². The molecule has 43 heavy (non-hydrogen) atoms. The number of benzene rings is 6. The van der Waals surface area contributed by atoms with Crippen molar-refractivity contribution >= 4 is 37.9 Å². The quantitative estimate of drug-likeness (QED) is 0.160. The highest BCUT2D eigenvalue weighted by Crippen LogP contribution is 2.45. The molecule has 0 aliphatic carbocycles. The van der Waals surface area contributed by atoms with Crippen molar-refractivity contribution in [1.29, 1.82) is 0 Å². The monoisotopic (exact) mass is 557 g/mol. The first kappa shape index (κ1) is 29.4. The van der Waals surface area contributed by atoms with Gasteiger partial charge in [-0.1, -0.05) is 154 Å². The summed E-state index contributed by atoms with van der Waals surface area (Å²) in [7, 11) is 0. The van der Waals surface area contributed by atoms with E-state index in [0.717, 1.165) is 16.7 Å². The van der Waals surface area contributed by atoms with E-state index in [9.17, 15) is 0 Å². The molecule has 6 rings (SSSR count). The predicted molar refractivity (Wildman–Crippen MR) is 191 cm³/mol. The van der Waals surface area contributed by atoms with Crippen LogP contribution in [0.4, 0.5) is 0 Å². The number of allylic oxidation sites excluding steroid dienone is 5. The van der Waals surface area contributed by atoms with Gasteiger partial charge in [0.05, 0.1) is 0 Å². The summed E-state index contributed by atoms with van der Waals surface area (Å²) in [6.45, 7) is 11.9. The summed E-state index contributed by atoms with van der Waals surface area (Å²) < 4.78 is 0. The Bertz CT molecular complexity index is 1950. The Morgan fingerprint density at radius 2 is 1.09 bits per heavy atom. The Balaban J connectivity index is 0.00000180. The normalized spacial score (nSPS) is 12.3. The van der Waals surface area contributed by atoms with E-state index in [1.165, 1.54) is 54.6 Å². The number of hydrogen-bond donors (Lipinski definition) is 1. The molecule has 0 saturated carbocycles. The largest absolute Gasteiger partial charge is 0.398 e. The smallest absolute Gasteiger partial charge is 0.0390 e. The van der Waals surface area contributed by atoms with Gasteiger partial charge in [0.15, 0.2) is 0 Å².